The molecule has 3 N–H and O–H groups in total. The number of primary amides is 1. The third-order valence-corrected chi connectivity index (χ3v) is 3.28. The van der Waals surface area contributed by atoms with Gasteiger partial charge < -0.3 is 20.4 Å². The van der Waals surface area contributed by atoms with Gasteiger partial charge in [-0.3, -0.25) is 4.79 Å². The lowest BCUT2D eigenvalue weighted by atomic mass is 10.1. The number of rotatable bonds is 4. The van der Waals surface area contributed by atoms with Gasteiger partial charge in [0.15, 0.2) is 0 Å². The fraction of sp³-hybridized carbons (Fsp3) is 0.286. The molecule has 2 heterocycles. The molecule has 2 aromatic rings. The number of amides is 1. The van der Waals surface area contributed by atoms with Crippen LogP contribution in [0.5, 0.6) is 5.75 Å². The van der Waals surface area contributed by atoms with Crippen molar-refractivity contribution in [3.63, 3.8) is 0 Å². The quantitative estimate of drug-likeness (QED) is 0.863. The number of nitrogens with two attached hydrogens (primary N) is 1. The fourth-order valence-electron chi connectivity index (χ4n) is 2.37. The first kappa shape index (κ1) is 12.5. The predicted molar refractivity (Wildman–Crippen MR) is 74.5 cm³/mol. The van der Waals surface area contributed by atoms with Crippen molar-refractivity contribution in [2.45, 2.75) is 13.0 Å². The molecular weight excluding hydrogens is 256 g/mol. The SMILES string of the molecule is NC(=O)Cc1ccc2c(c1)N(Cc1cnc[nH]1)CCO2. The van der Waals surface area contributed by atoms with Crippen LogP contribution in [0.2, 0.25) is 0 Å². The molecule has 1 aromatic heterocycles. The van der Waals surface area contributed by atoms with Crippen LogP contribution in [-0.4, -0.2) is 29.0 Å². The van der Waals surface area contributed by atoms with Crippen LogP contribution < -0.4 is 15.4 Å². The molecule has 0 bridgehead atoms. The van der Waals surface area contributed by atoms with Gasteiger partial charge >= 0.3 is 0 Å². The Morgan fingerprint density at radius 3 is 3.15 bits per heavy atom. The van der Waals surface area contributed by atoms with Crippen LogP contribution in [0, 0.1) is 0 Å². The molecule has 0 aliphatic carbocycles. The summed E-state index contributed by atoms with van der Waals surface area (Å²) < 4.78 is 5.65. The lowest BCUT2D eigenvalue weighted by Gasteiger charge is -2.31. The number of carbonyl (C=O) groups is 1. The summed E-state index contributed by atoms with van der Waals surface area (Å²) in [6.45, 7) is 2.18. The first-order valence-corrected chi connectivity index (χ1v) is 6.48. The summed E-state index contributed by atoms with van der Waals surface area (Å²) >= 11 is 0. The maximum absolute atomic E-state index is 11.0. The number of benzene rings is 1. The molecule has 0 unspecified atom stereocenters. The predicted octanol–water partition coefficient (Wildman–Crippen LogP) is 0.836. The third-order valence-electron chi connectivity index (χ3n) is 3.28. The second-order valence-electron chi connectivity index (χ2n) is 4.79. The van der Waals surface area contributed by atoms with Gasteiger partial charge in [-0.25, -0.2) is 4.98 Å². The van der Waals surface area contributed by atoms with E-state index >= 15 is 0 Å². The number of aromatic nitrogens is 2. The number of imidazole rings is 1. The number of nitrogens with zero attached hydrogens (tertiary/aromatic N) is 2. The van der Waals surface area contributed by atoms with Gasteiger partial charge in [-0.2, -0.15) is 0 Å². The number of H-pyrrole nitrogens is 1. The first-order valence-electron chi connectivity index (χ1n) is 6.48. The Balaban J connectivity index is 1.87. The van der Waals surface area contributed by atoms with Crippen molar-refractivity contribution in [1.29, 1.82) is 0 Å². The average Bonchev–Trinajstić information content (AvgIpc) is 2.92. The highest BCUT2D eigenvalue weighted by Crippen LogP contribution is 2.33. The third kappa shape index (κ3) is 2.59. The van der Waals surface area contributed by atoms with E-state index in [0.29, 0.717) is 6.61 Å². The lowest BCUT2D eigenvalue weighted by Crippen LogP contribution is -2.32. The van der Waals surface area contributed by atoms with E-state index in [1.807, 2.05) is 24.4 Å². The molecule has 1 aromatic carbocycles. The summed E-state index contributed by atoms with van der Waals surface area (Å²) in [5.74, 6) is 0.505. The van der Waals surface area contributed by atoms with Crippen LogP contribution in [0.15, 0.2) is 30.7 Å². The molecule has 104 valence electrons. The molecule has 0 fully saturated rings. The molecule has 1 aliphatic rings. The van der Waals surface area contributed by atoms with Gasteiger partial charge in [0.25, 0.3) is 0 Å². The molecule has 0 saturated heterocycles. The number of anilines is 1. The van der Waals surface area contributed by atoms with Gasteiger partial charge in [-0.1, -0.05) is 6.07 Å². The summed E-state index contributed by atoms with van der Waals surface area (Å²) in [7, 11) is 0. The maximum atomic E-state index is 11.0. The van der Waals surface area contributed by atoms with Gasteiger partial charge in [0, 0.05) is 6.20 Å². The highest BCUT2D eigenvalue weighted by Gasteiger charge is 2.19. The second kappa shape index (κ2) is 5.24. The van der Waals surface area contributed by atoms with Gasteiger partial charge in [-0.05, 0) is 17.7 Å². The zero-order chi connectivity index (χ0) is 13.9. The summed E-state index contributed by atoms with van der Waals surface area (Å²) in [6, 6.07) is 5.74. The van der Waals surface area contributed by atoms with E-state index in [9.17, 15) is 4.79 Å². The van der Waals surface area contributed by atoms with Crippen LogP contribution in [0.4, 0.5) is 5.69 Å². The van der Waals surface area contributed by atoms with Crippen LogP contribution >= 0.6 is 0 Å². The van der Waals surface area contributed by atoms with E-state index in [0.717, 1.165) is 35.8 Å². The van der Waals surface area contributed by atoms with Gasteiger partial charge in [0.05, 0.1) is 37.2 Å². The molecule has 0 spiro atoms. The molecule has 20 heavy (non-hydrogen) atoms. The summed E-state index contributed by atoms with van der Waals surface area (Å²) in [4.78, 5) is 20.4. The van der Waals surface area contributed by atoms with Gasteiger partial charge in [-0.15, -0.1) is 0 Å². The monoisotopic (exact) mass is 272 g/mol. The molecular formula is C14H16N4O2. The smallest absolute Gasteiger partial charge is 0.221 e. The van der Waals surface area contributed by atoms with E-state index < -0.39 is 0 Å². The summed E-state index contributed by atoms with van der Waals surface area (Å²) in [6.07, 6.45) is 3.72. The van der Waals surface area contributed by atoms with Crippen LogP contribution in [0.25, 0.3) is 0 Å². The van der Waals surface area contributed by atoms with Crippen molar-refractivity contribution in [2.75, 3.05) is 18.1 Å². The lowest BCUT2D eigenvalue weighted by molar-refractivity contribution is -0.117. The number of aromatic amines is 1. The van der Waals surface area contributed by atoms with Crippen molar-refractivity contribution < 1.29 is 9.53 Å². The first-order chi connectivity index (χ1) is 9.72. The van der Waals surface area contributed by atoms with E-state index in [4.69, 9.17) is 10.5 Å². The highest BCUT2D eigenvalue weighted by atomic mass is 16.5. The van der Waals surface area contributed by atoms with Gasteiger partial charge in [0.2, 0.25) is 5.91 Å². The number of ether oxygens (including phenoxy) is 1. The normalized spacial score (nSPS) is 13.7. The Labute approximate surface area is 116 Å². The largest absolute Gasteiger partial charge is 0.490 e. The minimum Gasteiger partial charge on any atom is -0.490 e. The standard InChI is InChI=1S/C14H16N4O2/c15-14(19)6-10-1-2-13-12(5-10)18(3-4-20-13)8-11-7-16-9-17-11/h1-2,5,7,9H,3-4,6,8H2,(H2,15,19)(H,16,17). The molecule has 1 aliphatic heterocycles. The number of nitrogens with one attached hydrogen (secondary N) is 1. The number of fused-ring (bicyclic) bond motifs is 1. The average molecular weight is 272 g/mol. The van der Waals surface area contributed by atoms with Crippen LogP contribution in [-0.2, 0) is 17.8 Å². The Morgan fingerprint density at radius 1 is 1.50 bits per heavy atom. The van der Waals surface area contributed by atoms with Crippen molar-refractivity contribution >= 4 is 11.6 Å². The van der Waals surface area contributed by atoms with Gasteiger partial charge in [0.1, 0.15) is 12.4 Å². The fourth-order valence-corrected chi connectivity index (χ4v) is 2.37. The number of carbonyl (C=O) groups excluding carboxylic acids is 1. The zero-order valence-corrected chi connectivity index (χ0v) is 11.0. The van der Waals surface area contributed by atoms with Crippen molar-refractivity contribution in [3.05, 3.63) is 42.0 Å². The van der Waals surface area contributed by atoms with E-state index in [1.165, 1.54) is 0 Å². The van der Waals surface area contributed by atoms with Crippen molar-refractivity contribution in [3.8, 4) is 5.75 Å². The van der Waals surface area contributed by atoms with Crippen molar-refractivity contribution in [1.82, 2.24) is 9.97 Å². The highest BCUT2D eigenvalue weighted by molar-refractivity contribution is 5.77. The molecule has 6 nitrogen and oxygen atoms in total. The molecule has 0 atom stereocenters. The minimum absolute atomic E-state index is 0.241. The molecule has 6 heteroatoms. The molecule has 0 radical (unpaired) electrons. The zero-order valence-electron chi connectivity index (χ0n) is 11.0. The molecule has 3 rings (SSSR count). The molecule has 0 saturated carbocycles. The van der Waals surface area contributed by atoms with Crippen molar-refractivity contribution in [2.24, 2.45) is 5.73 Å². The maximum Gasteiger partial charge on any atom is 0.221 e. The van der Waals surface area contributed by atoms with Crippen LogP contribution in [0.1, 0.15) is 11.3 Å². The Bertz CT molecular complexity index is 610. The minimum atomic E-state index is -0.332. The van der Waals surface area contributed by atoms with Crippen LogP contribution in [0.3, 0.4) is 0 Å². The summed E-state index contributed by atoms with van der Waals surface area (Å²) in [5.41, 5.74) is 8.18. The number of hydrogen-bond donors (Lipinski definition) is 2. The second-order valence-corrected chi connectivity index (χ2v) is 4.79. The Morgan fingerprint density at radius 2 is 2.40 bits per heavy atom. The Kier molecular flexibility index (Phi) is 3.28. The van der Waals surface area contributed by atoms with E-state index in [1.54, 1.807) is 6.33 Å². The Hall–Kier alpha value is -2.50. The summed E-state index contributed by atoms with van der Waals surface area (Å²) in [5, 5.41) is 0. The van der Waals surface area contributed by atoms with E-state index in [-0.39, 0.29) is 12.3 Å². The molecule has 1 amide bonds. The topological polar surface area (TPSA) is 84.2 Å². The number of hydrogen-bond acceptors (Lipinski definition) is 4. The van der Waals surface area contributed by atoms with E-state index in [2.05, 4.69) is 14.9 Å².